The number of anilines is 1. The summed E-state index contributed by atoms with van der Waals surface area (Å²) in [6.45, 7) is 6.93. The molecule has 0 saturated carbocycles. The molecule has 1 N–H and O–H groups in total. The van der Waals surface area contributed by atoms with Crippen molar-refractivity contribution in [3.8, 4) is 0 Å². The van der Waals surface area contributed by atoms with Gasteiger partial charge in [-0.15, -0.1) is 0 Å². The van der Waals surface area contributed by atoms with Crippen LogP contribution in [0.1, 0.15) is 42.6 Å². The highest BCUT2D eigenvalue weighted by Crippen LogP contribution is 2.24. The summed E-state index contributed by atoms with van der Waals surface area (Å²) >= 11 is 0. The fourth-order valence-corrected chi connectivity index (χ4v) is 6.94. The first-order valence-corrected chi connectivity index (χ1v) is 13.5. The second-order valence-corrected chi connectivity index (χ2v) is 11.5. The van der Waals surface area contributed by atoms with Gasteiger partial charge in [0.2, 0.25) is 20.0 Å². The number of hydrogen-bond donors (Lipinski definition) is 1. The second kappa shape index (κ2) is 9.70. The van der Waals surface area contributed by atoms with Gasteiger partial charge in [-0.1, -0.05) is 19.9 Å². The van der Waals surface area contributed by atoms with Crippen molar-refractivity contribution in [1.82, 2.24) is 8.61 Å². The van der Waals surface area contributed by atoms with Crippen LogP contribution in [0.25, 0.3) is 0 Å². The summed E-state index contributed by atoms with van der Waals surface area (Å²) in [6, 6.07) is 10.5. The summed E-state index contributed by atoms with van der Waals surface area (Å²) in [5.74, 6) is -0.476. The molecule has 2 aromatic carbocycles. The third-order valence-electron chi connectivity index (χ3n) is 5.59. The summed E-state index contributed by atoms with van der Waals surface area (Å²) in [6.07, 6.45) is 1.71. The molecule has 8 nitrogen and oxygen atoms in total. The molecular formula is C22H29N3O5S2. The lowest BCUT2D eigenvalue weighted by Crippen LogP contribution is -2.31. The van der Waals surface area contributed by atoms with Gasteiger partial charge in [0.25, 0.3) is 5.91 Å². The first kappa shape index (κ1) is 24.4. The number of rotatable bonds is 8. The van der Waals surface area contributed by atoms with Crippen LogP contribution in [-0.2, 0) is 20.0 Å². The lowest BCUT2D eigenvalue weighted by atomic mass is 10.1. The number of carbonyl (C=O) groups excluding carboxylic acids is 1. The Labute approximate surface area is 190 Å². The summed E-state index contributed by atoms with van der Waals surface area (Å²) in [4.78, 5) is 13.0. The summed E-state index contributed by atoms with van der Waals surface area (Å²) in [7, 11) is -7.24. The molecular weight excluding hydrogens is 450 g/mol. The van der Waals surface area contributed by atoms with Gasteiger partial charge in [0.15, 0.2) is 0 Å². The number of aryl methyl sites for hydroxylation is 1. The third kappa shape index (κ3) is 4.88. The lowest BCUT2D eigenvalue weighted by molar-refractivity contribution is 0.102. The molecule has 0 atom stereocenters. The smallest absolute Gasteiger partial charge is 0.255 e. The standard InChI is InChI=1S/C22H29N3O5S2/c1-4-24(5-2)32(29,30)21-16-18(9-8-17(21)3)22(26)23-19-10-12-20(13-11-19)31(27,28)25-14-6-7-15-25/h8-13,16H,4-7,14-15H2,1-3H3,(H,23,26). The predicted octanol–water partition coefficient (Wildman–Crippen LogP) is 3.06. The van der Waals surface area contributed by atoms with Gasteiger partial charge in [-0.05, 0) is 61.7 Å². The second-order valence-electron chi connectivity index (χ2n) is 7.66. The number of hydrogen-bond acceptors (Lipinski definition) is 5. The Hall–Kier alpha value is -2.27. The number of sulfonamides is 2. The van der Waals surface area contributed by atoms with E-state index < -0.39 is 26.0 Å². The monoisotopic (exact) mass is 479 g/mol. The molecule has 1 aliphatic rings. The Bertz CT molecular complexity index is 1180. The van der Waals surface area contributed by atoms with Crippen molar-refractivity contribution >= 4 is 31.6 Å². The van der Waals surface area contributed by atoms with Gasteiger partial charge in [0.1, 0.15) is 0 Å². The van der Waals surface area contributed by atoms with E-state index in [4.69, 9.17) is 0 Å². The van der Waals surface area contributed by atoms with Gasteiger partial charge in [0, 0.05) is 37.4 Å². The minimum atomic E-state index is -3.71. The van der Waals surface area contributed by atoms with E-state index in [1.807, 2.05) is 0 Å². The topological polar surface area (TPSA) is 104 Å². The molecule has 32 heavy (non-hydrogen) atoms. The molecule has 1 heterocycles. The number of nitrogens with one attached hydrogen (secondary N) is 1. The Morgan fingerprint density at radius 2 is 1.56 bits per heavy atom. The molecule has 0 unspecified atom stereocenters. The molecule has 0 radical (unpaired) electrons. The largest absolute Gasteiger partial charge is 0.322 e. The molecule has 0 aliphatic carbocycles. The molecule has 10 heteroatoms. The first-order chi connectivity index (χ1) is 15.1. The van der Waals surface area contributed by atoms with Crippen molar-refractivity contribution in [2.45, 2.75) is 43.4 Å². The minimum absolute atomic E-state index is 0.0981. The SMILES string of the molecule is CCN(CC)S(=O)(=O)c1cc(C(=O)Nc2ccc(S(=O)(=O)N3CCCC3)cc2)ccc1C. The fraction of sp³-hybridized carbons (Fsp3) is 0.409. The van der Waals surface area contributed by atoms with Gasteiger partial charge in [-0.2, -0.15) is 8.61 Å². The van der Waals surface area contributed by atoms with E-state index in [9.17, 15) is 21.6 Å². The van der Waals surface area contributed by atoms with Gasteiger partial charge in [-0.25, -0.2) is 16.8 Å². The van der Waals surface area contributed by atoms with Crippen molar-refractivity contribution in [3.05, 3.63) is 53.6 Å². The molecule has 0 bridgehead atoms. The van der Waals surface area contributed by atoms with Crippen molar-refractivity contribution in [2.24, 2.45) is 0 Å². The van der Waals surface area contributed by atoms with E-state index in [1.54, 1.807) is 32.9 Å². The van der Waals surface area contributed by atoms with E-state index in [1.165, 1.54) is 38.9 Å². The maximum Gasteiger partial charge on any atom is 0.255 e. The van der Waals surface area contributed by atoms with Gasteiger partial charge in [0.05, 0.1) is 9.79 Å². The highest BCUT2D eigenvalue weighted by molar-refractivity contribution is 7.89. The van der Waals surface area contributed by atoms with Gasteiger partial charge < -0.3 is 5.32 Å². The zero-order valence-corrected chi connectivity index (χ0v) is 20.2. The van der Waals surface area contributed by atoms with Crippen LogP contribution in [0.3, 0.4) is 0 Å². The normalized spacial score (nSPS) is 15.2. The maximum atomic E-state index is 12.9. The summed E-state index contributed by atoms with van der Waals surface area (Å²) < 4.78 is 53.9. The van der Waals surface area contributed by atoms with Crippen molar-refractivity contribution < 1.29 is 21.6 Å². The van der Waals surface area contributed by atoms with Crippen LogP contribution in [0.2, 0.25) is 0 Å². The quantitative estimate of drug-likeness (QED) is 0.627. The molecule has 1 fully saturated rings. The highest BCUT2D eigenvalue weighted by Gasteiger charge is 2.27. The van der Waals surface area contributed by atoms with Crippen LogP contribution in [-0.4, -0.2) is 57.5 Å². The number of nitrogens with zero attached hydrogens (tertiary/aromatic N) is 2. The predicted molar refractivity (Wildman–Crippen MR) is 124 cm³/mol. The van der Waals surface area contributed by atoms with Crippen LogP contribution < -0.4 is 5.32 Å². The Morgan fingerprint density at radius 3 is 2.12 bits per heavy atom. The molecule has 174 valence electrons. The molecule has 1 aliphatic heterocycles. The third-order valence-corrected chi connectivity index (χ3v) is 9.69. The number of benzene rings is 2. The van der Waals surface area contributed by atoms with E-state index in [-0.39, 0.29) is 15.4 Å². The van der Waals surface area contributed by atoms with Crippen LogP contribution in [0, 0.1) is 6.92 Å². The van der Waals surface area contributed by atoms with Crippen molar-refractivity contribution in [2.75, 3.05) is 31.5 Å². The van der Waals surface area contributed by atoms with E-state index >= 15 is 0 Å². The molecule has 0 aromatic heterocycles. The van der Waals surface area contributed by atoms with Crippen molar-refractivity contribution in [1.29, 1.82) is 0 Å². The van der Waals surface area contributed by atoms with E-state index in [2.05, 4.69) is 5.32 Å². The Kier molecular flexibility index (Phi) is 7.39. The van der Waals surface area contributed by atoms with E-state index in [0.29, 0.717) is 37.4 Å². The molecule has 1 amide bonds. The Morgan fingerprint density at radius 1 is 0.969 bits per heavy atom. The summed E-state index contributed by atoms with van der Waals surface area (Å²) in [5, 5.41) is 2.71. The Balaban J connectivity index is 1.80. The molecule has 1 saturated heterocycles. The molecule has 3 rings (SSSR count). The van der Waals surface area contributed by atoms with Crippen LogP contribution in [0.5, 0.6) is 0 Å². The molecule has 2 aromatic rings. The number of amides is 1. The number of carbonyl (C=O) groups is 1. The van der Waals surface area contributed by atoms with Crippen LogP contribution in [0.15, 0.2) is 52.3 Å². The summed E-state index contributed by atoms with van der Waals surface area (Å²) in [5.41, 5.74) is 1.18. The minimum Gasteiger partial charge on any atom is -0.322 e. The zero-order valence-electron chi connectivity index (χ0n) is 18.5. The zero-order chi connectivity index (χ0) is 23.5. The van der Waals surface area contributed by atoms with Crippen LogP contribution >= 0.6 is 0 Å². The van der Waals surface area contributed by atoms with Crippen LogP contribution in [0.4, 0.5) is 5.69 Å². The average Bonchev–Trinajstić information content (AvgIpc) is 3.31. The maximum absolute atomic E-state index is 12.9. The highest BCUT2D eigenvalue weighted by atomic mass is 32.2. The van der Waals surface area contributed by atoms with E-state index in [0.717, 1.165) is 12.8 Å². The first-order valence-electron chi connectivity index (χ1n) is 10.6. The fourth-order valence-electron chi connectivity index (χ4n) is 3.71. The van der Waals surface area contributed by atoms with Crippen molar-refractivity contribution in [3.63, 3.8) is 0 Å². The average molecular weight is 480 g/mol. The lowest BCUT2D eigenvalue weighted by Gasteiger charge is -2.20. The molecule has 0 spiro atoms. The van der Waals surface area contributed by atoms with Gasteiger partial charge >= 0.3 is 0 Å². The van der Waals surface area contributed by atoms with Gasteiger partial charge in [-0.3, -0.25) is 4.79 Å².